The highest BCUT2D eigenvalue weighted by Gasteiger charge is 2.26. The Morgan fingerprint density at radius 2 is 1.72 bits per heavy atom. The van der Waals surface area contributed by atoms with E-state index in [9.17, 15) is 23.1 Å². The summed E-state index contributed by atoms with van der Waals surface area (Å²) in [5, 5.41) is 15.2. The third kappa shape index (κ3) is 5.14. The van der Waals surface area contributed by atoms with Crippen LogP contribution < -0.4 is 15.5 Å². The van der Waals surface area contributed by atoms with E-state index in [1.165, 1.54) is 12.3 Å². The van der Waals surface area contributed by atoms with Crippen molar-refractivity contribution >= 4 is 29.2 Å². The predicted octanol–water partition coefficient (Wildman–Crippen LogP) is 4.84. The zero-order chi connectivity index (χ0) is 23.5. The molecule has 0 aliphatic heterocycles. The number of aliphatic hydroxyl groups is 1. The van der Waals surface area contributed by atoms with Crippen molar-refractivity contribution in [2.45, 2.75) is 32.4 Å². The predicted molar refractivity (Wildman–Crippen MR) is 115 cm³/mol. The largest absolute Gasteiger partial charge is 0.388 e. The van der Waals surface area contributed by atoms with Gasteiger partial charge in [0.05, 0.1) is 17.3 Å². The fraction of sp³-hybridized carbons (Fsp3) is 0.227. The fourth-order valence-corrected chi connectivity index (χ4v) is 2.65. The van der Waals surface area contributed by atoms with Crippen molar-refractivity contribution in [3.8, 4) is 0 Å². The van der Waals surface area contributed by atoms with Crippen LogP contribution in [0.1, 0.15) is 20.8 Å². The highest BCUT2D eigenvalue weighted by Crippen LogP contribution is 2.27. The minimum Gasteiger partial charge on any atom is -0.388 e. The average molecular weight is 445 g/mol. The lowest BCUT2D eigenvalue weighted by Gasteiger charge is -2.27. The Bertz CT molecular complexity index is 1110. The van der Waals surface area contributed by atoms with Crippen LogP contribution in [-0.2, 0) is 0 Å². The average Bonchev–Trinajstić information content (AvgIpc) is 2.74. The SMILES string of the molecule is CC(Nc1nccc(N(C(=O)Nc2c(F)ccc(F)c2F)c2ccccc2)n1)C(C)(C)O. The van der Waals surface area contributed by atoms with Gasteiger partial charge in [0.25, 0.3) is 0 Å². The molecule has 1 atom stereocenters. The van der Waals surface area contributed by atoms with Crippen LogP contribution in [0, 0.1) is 17.5 Å². The first-order valence-corrected chi connectivity index (χ1v) is 9.69. The maximum Gasteiger partial charge on any atom is 0.332 e. The number of benzene rings is 2. The van der Waals surface area contributed by atoms with Gasteiger partial charge in [-0.2, -0.15) is 4.98 Å². The van der Waals surface area contributed by atoms with Gasteiger partial charge in [0, 0.05) is 12.3 Å². The van der Waals surface area contributed by atoms with E-state index in [0.717, 1.165) is 4.90 Å². The second-order valence-corrected chi connectivity index (χ2v) is 7.58. The first kappa shape index (κ1) is 23.0. The summed E-state index contributed by atoms with van der Waals surface area (Å²) in [7, 11) is 0. The number of urea groups is 1. The Hall–Kier alpha value is -3.66. The number of rotatable bonds is 6. The molecule has 3 aromatic rings. The van der Waals surface area contributed by atoms with E-state index in [2.05, 4.69) is 20.6 Å². The lowest BCUT2D eigenvalue weighted by Crippen LogP contribution is -2.40. The first-order valence-electron chi connectivity index (χ1n) is 9.69. The smallest absolute Gasteiger partial charge is 0.332 e. The third-order valence-electron chi connectivity index (χ3n) is 4.77. The van der Waals surface area contributed by atoms with Crippen LogP contribution in [0.4, 0.5) is 41.1 Å². The van der Waals surface area contributed by atoms with E-state index in [0.29, 0.717) is 17.8 Å². The number of carbonyl (C=O) groups is 1. The zero-order valence-electron chi connectivity index (χ0n) is 17.6. The molecule has 3 N–H and O–H groups in total. The Morgan fingerprint density at radius 3 is 2.38 bits per heavy atom. The molecule has 7 nitrogen and oxygen atoms in total. The van der Waals surface area contributed by atoms with Crippen LogP contribution in [0.5, 0.6) is 0 Å². The van der Waals surface area contributed by atoms with Gasteiger partial charge in [-0.3, -0.25) is 0 Å². The van der Waals surface area contributed by atoms with Crippen LogP contribution >= 0.6 is 0 Å². The minimum absolute atomic E-state index is 0.0753. The Labute approximate surface area is 182 Å². The van der Waals surface area contributed by atoms with Gasteiger partial charge in [-0.25, -0.2) is 27.8 Å². The van der Waals surface area contributed by atoms with Crippen molar-refractivity contribution in [2.24, 2.45) is 0 Å². The third-order valence-corrected chi connectivity index (χ3v) is 4.77. The number of carbonyl (C=O) groups excluding carboxylic acids is 1. The molecule has 1 unspecified atom stereocenters. The first-order chi connectivity index (χ1) is 15.1. The number of anilines is 4. The summed E-state index contributed by atoms with van der Waals surface area (Å²) >= 11 is 0. The van der Waals surface area contributed by atoms with Gasteiger partial charge >= 0.3 is 6.03 Å². The molecule has 32 heavy (non-hydrogen) atoms. The summed E-state index contributed by atoms with van der Waals surface area (Å²) in [6.45, 7) is 4.95. The molecule has 2 aromatic carbocycles. The van der Waals surface area contributed by atoms with Crippen molar-refractivity contribution < 1.29 is 23.1 Å². The molecule has 0 bridgehead atoms. The van der Waals surface area contributed by atoms with Gasteiger partial charge in [0.2, 0.25) is 5.95 Å². The Balaban J connectivity index is 1.99. The summed E-state index contributed by atoms with van der Waals surface area (Å²) < 4.78 is 41.8. The number of hydrogen-bond acceptors (Lipinski definition) is 5. The molecule has 0 saturated heterocycles. The molecule has 1 aromatic heterocycles. The normalized spacial score (nSPS) is 12.2. The molecular weight excluding hydrogens is 423 g/mol. The topological polar surface area (TPSA) is 90.4 Å². The number of amides is 2. The fourth-order valence-electron chi connectivity index (χ4n) is 2.65. The molecule has 10 heteroatoms. The second-order valence-electron chi connectivity index (χ2n) is 7.58. The van der Waals surface area contributed by atoms with Gasteiger partial charge in [-0.05, 0) is 45.0 Å². The molecule has 168 valence electrons. The van der Waals surface area contributed by atoms with Gasteiger partial charge in [0.1, 0.15) is 17.3 Å². The number of nitrogens with one attached hydrogen (secondary N) is 2. The molecule has 0 saturated carbocycles. The lowest BCUT2D eigenvalue weighted by molar-refractivity contribution is 0.0646. The summed E-state index contributed by atoms with van der Waals surface area (Å²) in [6.07, 6.45) is 1.38. The van der Waals surface area contributed by atoms with Crippen molar-refractivity contribution in [3.05, 3.63) is 72.2 Å². The van der Waals surface area contributed by atoms with Gasteiger partial charge in [-0.15, -0.1) is 0 Å². The minimum atomic E-state index is -1.52. The molecule has 0 spiro atoms. The van der Waals surface area contributed by atoms with Gasteiger partial charge < -0.3 is 15.7 Å². The van der Waals surface area contributed by atoms with Crippen LogP contribution in [0.25, 0.3) is 0 Å². The Kier molecular flexibility index (Phi) is 6.64. The molecule has 0 aliphatic carbocycles. The van der Waals surface area contributed by atoms with Crippen LogP contribution in [0.2, 0.25) is 0 Å². The van der Waals surface area contributed by atoms with Gasteiger partial charge in [-0.1, -0.05) is 18.2 Å². The van der Waals surface area contributed by atoms with E-state index in [4.69, 9.17) is 0 Å². The molecule has 2 amide bonds. The van der Waals surface area contributed by atoms with Crippen LogP contribution in [0.15, 0.2) is 54.7 Å². The van der Waals surface area contributed by atoms with Crippen molar-refractivity contribution in [1.82, 2.24) is 9.97 Å². The van der Waals surface area contributed by atoms with E-state index in [-0.39, 0.29) is 11.8 Å². The molecular formula is C22H22F3N5O2. The van der Waals surface area contributed by atoms with Crippen molar-refractivity contribution in [2.75, 3.05) is 15.5 Å². The zero-order valence-corrected chi connectivity index (χ0v) is 17.6. The molecule has 0 radical (unpaired) electrons. The number of para-hydroxylation sites is 1. The molecule has 1 heterocycles. The highest BCUT2D eigenvalue weighted by molar-refractivity contribution is 6.06. The standard InChI is InChI=1S/C22H22F3N5O2/c1-13(22(2,3)32)27-20-26-12-11-17(28-20)30(14-7-5-4-6-8-14)21(31)29-19-16(24)10-9-15(23)18(19)25/h4-13,32H,1-3H3,(H,29,31)(H,26,27,28). The van der Waals surface area contributed by atoms with E-state index in [1.54, 1.807) is 51.1 Å². The number of halogens is 3. The van der Waals surface area contributed by atoms with Crippen LogP contribution in [0.3, 0.4) is 0 Å². The monoisotopic (exact) mass is 445 g/mol. The molecule has 0 aliphatic rings. The van der Waals surface area contributed by atoms with Crippen molar-refractivity contribution in [1.29, 1.82) is 0 Å². The number of nitrogens with zero attached hydrogens (tertiary/aromatic N) is 3. The summed E-state index contributed by atoms with van der Waals surface area (Å²) in [5.41, 5.74) is -1.66. The lowest BCUT2D eigenvalue weighted by atomic mass is 10.0. The maximum atomic E-state index is 14.1. The number of hydrogen-bond donors (Lipinski definition) is 3. The second kappa shape index (κ2) is 9.23. The van der Waals surface area contributed by atoms with Gasteiger partial charge in [0.15, 0.2) is 11.6 Å². The van der Waals surface area contributed by atoms with Crippen molar-refractivity contribution in [3.63, 3.8) is 0 Å². The molecule has 0 fully saturated rings. The van der Waals surface area contributed by atoms with Crippen LogP contribution in [-0.4, -0.2) is 32.7 Å². The number of aromatic nitrogens is 2. The quantitative estimate of drug-likeness (QED) is 0.473. The highest BCUT2D eigenvalue weighted by atomic mass is 19.2. The summed E-state index contributed by atoms with van der Waals surface area (Å²) in [4.78, 5) is 22.5. The summed E-state index contributed by atoms with van der Waals surface area (Å²) in [6, 6.07) is 9.58. The summed E-state index contributed by atoms with van der Waals surface area (Å²) in [5.74, 6) is -3.76. The van der Waals surface area contributed by atoms with E-state index >= 15 is 0 Å². The molecule has 3 rings (SSSR count). The van der Waals surface area contributed by atoms with E-state index < -0.39 is 40.8 Å². The maximum absolute atomic E-state index is 14.1. The van der Waals surface area contributed by atoms with E-state index in [1.807, 2.05) is 0 Å². The Morgan fingerprint density at radius 1 is 1.06 bits per heavy atom.